The fourth-order valence-electron chi connectivity index (χ4n) is 3.38. The van der Waals surface area contributed by atoms with Crippen LogP contribution in [0.25, 0.3) is 0 Å². The minimum atomic E-state index is -3.86. The minimum Gasteiger partial charge on any atom is -0.495 e. The third-order valence-corrected chi connectivity index (χ3v) is 7.23. The first-order valence-corrected chi connectivity index (χ1v) is 13.7. The third kappa shape index (κ3) is 8.02. The quantitative estimate of drug-likeness (QED) is 0.406. The van der Waals surface area contributed by atoms with Gasteiger partial charge in [0.1, 0.15) is 18.3 Å². The van der Waals surface area contributed by atoms with Crippen molar-refractivity contribution in [3.8, 4) is 5.75 Å². The number of sulfonamides is 1. The zero-order valence-electron chi connectivity index (χ0n) is 20.3. The van der Waals surface area contributed by atoms with E-state index in [2.05, 4.69) is 5.32 Å². The van der Waals surface area contributed by atoms with Gasteiger partial charge in [-0.15, -0.1) is 0 Å². The van der Waals surface area contributed by atoms with Crippen molar-refractivity contribution in [1.29, 1.82) is 0 Å². The molecule has 0 aliphatic carbocycles. The van der Waals surface area contributed by atoms with Gasteiger partial charge in [0.25, 0.3) is 0 Å². The van der Waals surface area contributed by atoms with Gasteiger partial charge in [0.2, 0.25) is 21.8 Å². The number of hydrogen-bond acceptors (Lipinski definition) is 5. The van der Waals surface area contributed by atoms with Crippen molar-refractivity contribution in [3.05, 3.63) is 58.1 Å². The molecule has 0 fully saturated rings. The number of methoxy groups -OCH3 is 1. The highest BCUT2D eigenvalue weighted by Crippen LogP contribution is 2.30. The van der Waals surface area contributed by atoms with Crippen LogP contribution in [-0.4, -0.2) is 57.6 Å². The molecular formula is C24H31Cl2N3O5S. The van der Waals surface area contributed by atoms with Crippen LogP contribution in [0.4, 0.5) is 5.69 Å². The lowest BCUT2D eigenvalue weighted by Crippen LogP contribution is -2.51. The van der Waals surface area contributed by atoms with E-state index >= 15 is 0 Å². The number of rotatable bonds is 12. The van der Waals surface area contributed by atoms with Crippen LogP contribution in [0.2, 0.25) is 10.0 Å². The molecule has 2 rings (SSSR count). The van der Waals surface area contributed by atoms with Gasteiger partial charge in [-0.3, -0.25) is 13.9 Å². The lowest BCUT2D eigenvalue weighted by atomic mass is 10.1. The first kappa shape index (κ1) is 28.7. The highest BCUT2D eigenvalue weighted by atomic mass is 35.5. The van der Waals surface area contributed by atoms with Gasteiger partial charge >= 0.3 is 0 Å². The standard InChI is InChI=1S/C24H31Cl2N3O5S/c1-5-6-13-27-24(31)17(2)28(15-18-11-12-19(25)20(26)14-18)23(30)16-29(35(4,32)33)21-9-7-8-10-22(21)34-3/h7-12,14,17H,5-6,13,15-16H2,1-4H3,(H,27,31)/t17-/m0/s1. The number of hydrogen-bond donors (Lipinski definition) is 1. The van der Waals surface area contributed by atoms with E-state index in [0.29, 0.717) is 27.9 Å². The maximum absolute atomic E-state index is 13.5. The first-order chi connectivity index (χ1) is 16.5. The Kier molecular flexibility index (Phi) is 10.7. The van der Waals surface area contributed by atoms with Crippen LogP contribution < -0.4 is 14.4 Å². The van der Waals surface area contributed by atoms with E-state index in [-0.39, 0.29) is 18.1 Å². The third-order valence-electron chi connectivity index (χ3n) is 5.37. The Morgan fingerprint density at radius 2 is 1.80 bits per heavy atom. The smallest absolute Gasteiger partial charge is 0.244 e. The van der Waals surface area contributed by atoms with E-state index in [1.54, 1.807) is 49.4 Å². The highest BCUT2D eigenvalue weighted by molar-refractivity contribution is 7.92. The zero-order chi connectivity index (χ0) is 26.2. The number of carbonyl (C=O) groups is 2. The molecule has 0 saturated heterocycles. The van der Waals surface area contributed by atoms with Crippen molar-refractivity contribution in [1.82, 2.24) is 10.2 Å². The summed E-state index contributed by atoms with van der Waals surface area (Å²) in [5, 5.41) is 3.49. The lowest BCUT2D eigenvalue weighted by molar-refractivity contribution is -0.139. The predicted molar refractivity (Wildman–Crippen MR) is 140 cm³/mol. The molecule has 2 amide bonds. The average molecular weight is 545 g/mol. The second kappa shape index (κ2) is 13.0. The molecule has 0 heterocycles. The topological polar surface area (TPSA) is 96.0 Å². The number of carbonyl (C=O) groups excluding carboxylic acids is 2. The number of para-hydroxylation sites is 2. The number of unbranched alkanes of at least 4 members (excludes halogenated alkanes) is 1. The van der Waals surface area contributed by atoms with Crippen LogP contribution in [0.15, 0.2) is 42.5 Å². The predicted octanol–water partition coefficient (Wildman–Crippen LogP) is 4.10. The Balaban J connectivity index is 2.41. The summed E-state index contributed by atoms with van der Waals surface area (Å²) in [5.41, 5.74) is 0.865. The average Bonchev–Trinajstić information content (AvgIpc) is 2.82. The number of anilines is 1. The Bertz CT molecular complexity index is 1140. The molecule has 1 atom stereocenters. The summed E-state index contributed by atoms with van der Waals surface area (Å²) >= 11 is 12.2. The number of amides is 2. The van der Waals surface area contributed by atoms with Gasteiger partial charge in [0.05, 0.1) is 29.1 Å². The van der Waals surface area contributed by atoms with Crippen molar-refractivity contribution in [3.63, 3.8) is 0 Å². The van der Waals surface area contributed by atoms with Crippen LogP contribution in [0.5, 0.6) is 5.75 Å². The van der Waals surface area contributed by atoms with Gasteiger partial charge in [0.15, 0.2) is 0 Å². The van der Waals surface area contributed by atoms with E-state index < -0.39 is 28.5 Å². The van der Waals surface area contributed by atoms with E-state index in [1.807, 2.05) is 6.92 Å². The summed E-state index contributed by atoms with van der Waals surface area (Å²) in [6.45, 7) is 3.60. The van der Waals surface area contributed by atoms with E-state index in [1.165, 1.54) is 12.0 Å². The molecule has 0 aliphatic rings. The maximum atomic E-state index is 13.5. The molecule has 0 unspecified atom stereocenters. The fourth-order valence-corrected chi connectivity index (χ4v) is 4.56. The molecule has 0 spiro atoms. The van der Waals surface area contributed by atoms with Crippen molar-refractivity contribution in [2.75, 3.05) is 30.8 Å². The largest absolute Gasteiger partial charge is 0.495 e. The molecule has 0 saturated carbocycles. The van der Waals surface area contributed by atoms with E-state index in [4.69, 9.17) is 27.9 Å². The normalized spacial score (nSPS) is 12.1. The molecule has 0 aliphatic heterocycles. The van der Waals surface area contributed by atoms with Gasteiger partial charge < -0.3 is 15.0 Å². The van der Waals surface area contributed by atoms with Crippen LogP contribution in [0.1, 0.15) is 32.3 Å². The van der Waals surface area contributed by atoms with Gasteiger partial charge in [-0.2, -0.15) is 0 Å². The van der Waals surface area contributed by atoms with Crippen molar-refractivity contribution in [2.45, 2.75) is 39.3 Å². The highest BCUT2D eigenvalue weighted by Gasteiger charge is 2.31. The summed E-state index contributed by atoms with van der Waals surface area (Å²) in [7, 11) is -2.44. The zero-order valence-corrected chi connectivity index (χ0v) is 22.6. The molecule has 192 valence electrons. The number of nitrogens with zero attached hydrogens (tertiary/aromatic N) is 2. The van der Waals surface area contributed by atoms with Crippen molar-refractivity contribution in [2.24, 2.45) is 0 Å². The molecule has 35 heavy (non-hydrogen) atoms. The minimum absolute atomic E-state index is 0.0294. The Morgan fingerprint density at radius 3 is 2.40 bits per heavy atom. The summed E-state index contributed by atoms with van der Waals surface area (Å²) in [4.78, 5) is 27.7. The number of benzene rings is 2. The summed E-state index contributed by atoms with van der Waals surface area (Å²) < 4.78 is 31.6. The van der Waals surface area contributed by atoms with Crippen LogP contribution in [0, 0.1) is 0 Å². The molecule has 1 N–H and O–H groups in total. The van der Waals surface area contributed by atoms with Gasteiger partial charge in [-0.05, 0) is 43.2 Å². The monoisotopic (exact) mass is 543 g/mol. The Morgan fingerprint density at radius 1 is 1.11 bits per heavy atom. The van der Waals surface area contributed by atoms with Crippen molar-refractivity contribution < 1.29 is 22.7 Å². The molecule has 0 aromatic heterocycles. The van der Waals surface area contributed by atoms with Gasteiger partial charge in [-0.1, -0.05) is 54.7 Å². The maximum Gasteiger partial charge on any atom is 0.244 e. The summed E-state index contributed by atoms with van der Waals surface area (Å²) in [6.07, 6.45) is 2.72. The number of ether oxygens (including phenoxy) is 1. The summed E-state index contributed by atoms with van der Waals surface area (Å²) in [5.74, 6) is -0.604. The van der Waals surface area contributed by atoms with Gasteiger partial charge in [0, 0.05) is 13.1 Å². The molecule has 0 radical (unpaired) electrons. The van der Waals surface area contributed by atoms with E-state index in [9.17, 15) is 18.0 Å². The second-order valence-electron chi connectivity index (χ2n) is 8.03. The molecular weight excluding hydrogens is 513 g/mol. The molecule has 0 bridgehead atoms. The Hall–Kier alpha value is -2.49. The number of nitrogens with one attached hydrogen (secondary N) is 1. The van der Waals surface area contributed by atoms with Crippen LogP contribution >= 0.6 is 23.2 Å². The number of halogens is 2. The summed E-state index contributed by atoms with van der Waals surface area (Å²) in [6, 6.07) is 10.6. The first-order valence-electron chi connectivity index (χ1n) is 11.1. The van der Waals surface area contributed by atoms with Crippen molar-refractivity contribution >= 4 is 50.7 Å². The fraction of sp³-hybridized carbons (Fsp3) is 0.417. The Labute approximate surface area is 217 Å². The molecule has 8 nitrogen and oxygen atoms in total. The molecule has 2 aromatic carbocycles. The molecule has 11 heteroatoms. The second-order valence-corrected chi connectivity index (χ2v) is 10.8. The van der Waals surface area contributed by atoms with Gasteiger partial charge in [-0.25, -0.2) is 8.42 Å². The SMILES string of the molecule is CCCCNC(=O)[C@H](C)N(Cc1ccc(Cl)c(Cl)c1)C(=O)CN(c1ccccc1OC)S(C)(=O)=O. The van der Waals surface area contributed by atoms with Crippen LogP contribution in [0.3, 0.4) is 0 Å². The molecule has 2 aromatic rings. The lowest BCUT2D eigenvalue weighted by Gasteiger charge is -2.32. The van der Waals surface area contributed by atoms with Crippen LogP contribution in [-0.2, 0) is 26.2 Å². The van der Waals surface area contributed by atoms with E-state index in [0.717, 1.165) is 23.4 Å².